The van der Waals surface area contributed by atoms with Gasteiger partial charge < -0.3 is 14.7 Å². The van der Waals surface area contributed by atoms with E-state index in [-0.39, 0.29) is 12.1 Å². The summed E-state index contributed by atoms with van der Waals surface area (Å²) < 4.78 is 2.19. The first-order chi connectivity index (χ1) is 12.6. The molecule has 0 saturated heterocycles. The van der Waals surface area contributed by atoms with Crippen molar-refractivity contribution in [3.63, 3.8) is 0 Å². The first kappa shape index (κ1) is 15.9. The Morgan fingerprint density at radius 1 is 1.19 bits per heavy atom. The number of hydrogen-bond donors (Lipinski definition) is 2. The molecule has 1 aliphatic carbocycles. The summed E-state index contributed by atoms with van der Waals surface area (Å²) in [6.07, 6.45) is 5.18. The number of fused-ring (bicyclic) bond motifs is 2. The van der Waals surface area contributed by atoms with Crippen LogP contribution in [0, 0.1) is 5.92 Å². The SMILES string of the molecule is C[C@H]1C[C@@H](n2ccc3c(-c4cc5ccc(Cl)cc5[nH]4)ncnc32)C[C@@H]1O. The third kappa shape index (κ3) is 2.42. The van der Waals surface area contributed by atoms with Crippen molar-refractivity contribution in [2.24, 2.45) is 5.92 Å². The van der Waals surface area contributed by atoms with Crippen LogP contribution in [-0.4, -0.2) is 30.7 Å². The van der Waals surface area contributed by atoms with Crippen LogP contribution in [-0.2, 0) is 0 Å². The van der Waals surface area contributed by atoms with E-state index in [1.165, 1.54) is 0 Å². The van der Waals surface area contributed by atoms with E-state index in [0.29, 0.717) is 10.9 Å². The third-order valence-electron chi connectivity index (χ3n) is 5.56. The lowest BCUT2D eigenvalue weighted by Crippen LogP contribution is -2.08. The van der Waals surface area contributed by atoms with Gasteiger partial charge in [0.25, 0.3) is 0 Å². The van der Waals surface area contributed by atoms with Crippen LogP contribution in [0.1, 0.15) is 25.8 Å². The molecule has 0 amide bonds. The molecule has 3 heterocycles. The molecule has 3 aromatic heterocycles. The zero-order chi connectivity index (χ0) is 17.8. The van der Waals surface area contributed by atoms with Gasteiger partial charge in [-0.3, -0.25) is 0 Å². The number of aliphatic hydroxyl groups excluding tert-OH is 1. The Kier molecular flexibility index (Phi) is 3.55. The molecule has 5 rings (SSSR count). The van der Waals surface area contributed by atoms with Gasteiger partial charge in [-0.05, 0) is 43.0 Å². The number of benzene rings is 1. The van der Waals surface area contributed by atoms with Crippen molar-refractivity contribution in [3.8, 4) is 11.4 Å². The lowest BCUT2D eigenvalue weighted by atomic mass is 10.1. The van der Waals surface area contributed by atoms with Gasteiger partial charge in [0.05, 0.1) is 17.5 Å². The Hall–Kier alpha value is -2.37. The minimum Gasteiger partial charge on any atom is -0.393 e. The average Bonchev–Trinajstić information content (AvgIpc) is 3.31. The second kappa shape index (κ2) is 5.83. The van der Waals surface area contributed by atoms with Crippen molar-refractivity contribution in [1.82, 2.24) is 19.5 Å². The maximum atomic E-state index is 10.1. The maximum absolute atomic E-state index is 10.1. The van der Waals surface area contributed by atoms with Gasteiger partial charge in [0.15, 0.2) is 0 Å². The largest absolute Gasteiger partial charge is 0.393 e. The van der Waals surface area contributed by atoms with E-state index in [1.54, 1.807) is 6.33 Å². The molecule has 0 aliphatic heterocycles. The van der Waals surface area contributed by atoms with Crippen molar-refractivity contribution in [3.05, 3.63) is 47.9 Å². The van der Waals surface area contributed by atoms with Crippen LogP contribution in [0.5, 0.6) is 0 Å². The van der Waals surface area contributed by atoms with Gasteiger partial charge in [0, 0.05) is 33.6 Å². The second-order valence-electron chi connectivity index (χ2n) is 7.27. The fourth-order valence-electron chi connectivity index (χ4n) is 4.13. The highest BCUT2D eigenvalue weighted by Gasteiger charge is 2.31. The molecule has 1 aromatic carbocycles. The molecule has 1 fully saturated rings. The average molecular weight is 367 g/mol. The van der Waals surface area contributed by atoms with Crippen LogP contribution in [0.15, 0.2) is 42.9 Å². The molecule has 26 heavy (non-hydrogen) atoms. The quantitative estimate of drug-likeness (QED) is 0.546. The number of nitrogens with zero attached hydrogens (tertiary/aromatic N) is 3. The normalized spacial score (nSPS) is 23.3. The van der Waals surface area contributed by atoms with Gasteiger partial charge in [0.2, 0.25) is 0 Å². The van der Waals surface area contributed by atoms with Gasteiger partial charge in [0.1, 0.15) is 12.0 Å². The van der Waals surface area contributed by atoms with Crippen LogP contribution in [0.2, 0.25) is 5.02 Å². The molecular formula is C20H19ClN4O. The molecule has 0 unspecified atom stereocenters. The highest BCUT2D eigenvalue weighted by Crippen LogP contribution is 2.37. The Morgan fingerprint density at radius 2 is 2.08 bits per heavy atom. The second-order valence-corrected chi connectivity index (χ2v) is 7.70. The summed E-state index contributed by atoms with van der Waals surface area (Å²) in [4.78, 5) is 12.5. The fraction of sp³-hybridized carbons (Fsp3) is 0.300. The molecular weight excluding hydrogens is 348 g/mol. The Bertz CT molecular complexity index is 1110. The fourth-order valence-corrected chi connectivity index (χ4v) is 4.30. The summed E-state index contributed by atoms with van der Waals surface area (Å²) in [5.74, 6) is 0.317. The van der Waals surface area contributed by atoms with E-state index < -0.39 is 0 Å². The summed E-state index contributed by atoms with van der Waals surface area (Å²) in [5, 5.41) is 12.9. The Morgan fingerprint density at radius 3 is 2.88 bits per heavy atom. The van der Waals surface area contributed by atoms with Crippen LogP contribution < -0.4 is 0 Å². The predicted molar refractivity (Wildman–Crippen MR) is 103 cm³/mol. The van der Waals surface area contributed by atoms with E-state index >= 15 is 0 Å². The molecule has 3 atom stereocenters. The molecule has 5 nitrogen and oxygen atoms in total. The molecule has 0 radical (unpaired) electrons. The topological polar surface area (TPSA) is 66.7 Å². The molecule has 0 spiro atoms. The number of rotatable bonds is 2. The van der Waals surface area contributed by atoms with Gasteiger partial charge in [-0.25, -0.2) is 9.97 Å². The molecule has 1 saturated carbocycles. The third-order valence-corrected chi connectivity index (χ3v) is 5.79. The number of hydrogen-bond acceptors (Lipinski definition) is 3. The number of aromatic amines is 1. The van der Waals surface area contributed by atoms with Crippen molar-refractivity contribution in [2.45, 2.75) is 31.9 Å². The summed E-state index contributed by atoms with van der Waals surface area (Å²) in [5.41, 5.74) is 3.74. The predicted octanol–water partition coefficient (Wildman–Crippen LogP) is 4.56. The minimum absolute atomic E-state index is 0.239. The lowest BCUT2D eigenvalue weighted by molar-refractivity contribution is 0.139. The first-order valence-corrected chi connectivity index (χ1v) is 9.26. The summed E-state index contributed by atoms with van der Waals surface area (Å²) in [7, 11) is 0. The van der Waals surface area contributed by atoms with Crippen molar-refractivity contribution < 1.29 is 5.11 Å². The summed E-state index contributed by atoms with van der Waals surface area (Å²) in [6.45, 7) is 2.10. The smallest absolute Gasteiger partial charge is 0.144 e. The number of aliphatic hydroxyl groups is 1. The number of H-pyrrole nitrogens is 1. The standard InChI is InChI=1S/C20H19ClN4O/c1-11-6-14(9-18(11)26)25-5-4-15-19(22-10-23-20(15)25)17-7-12-2-3-13(21)8-16(12)24-17/h2-5,7-8,10-11,14,18,24,26H,6,9H2,1H3/t11-,14+,18-/m0/s1. The number of aromatic nitrogens is 4. The van der Waals surface area contributed by atoms with Gasteiger partial charge in [-0.2, -0.15) is 0 Å². The monoisotopic (exact) mass is 366 g/mol. The molecule has 1 aliphatic rings. The van der Waals surface area contributed by atoms with E-state index in [1.807, 2.05) is 18.2 Å². The molecule has 4 aromatic rings. The van der Waals surface area contributed by atoms with Gasteiger partial charge >= 0.3 is 0 Å². The Labute approximate surface area is 155 Å². The van der Waals surface area contributed by atoms with E-state index in [4.69, 9.17) is 11.6 Å². The van der Waals surface area contributed by atoms with Crippen LogP contribution in [0.4, 0.5) is 0 Å². The molecule has 0 bridgehead atoms. The highest BCUT2D eigenvalue weighted by molar-refractivity contribution is 6.31. The van der Waals surface area contributed by atoms with Crippen molar-refractivity contribution in [1.29, 1.82) is 0 Å². The van der Waals surface area contributed by atoms with E-state index in [0.717, 1.165) is 46.2 Å². The lowest BCUT2D eigenvalue weighted by Gasteiger charge is -2.13. The molecule has 132 valence electrons. The van der Waals surface area contributed by atoms with Crippen LogP contribution >= 0.6 is 11.6 Å². The van der Waals surface area contributed by atoms with Gasteiger partial charge in [-0.1, -0.05) is 24.6 Å². The van der Waals surface area contributed by atoms with Crippen molar-refractivity contribution in [2.75, 3.05) is 0 Å². The van der Waals surface area contributed by atoms with E-state index in [9.17, 15) is 5.11 Å². The molecule has 2 N–H and O–H groups in total. The van der Waals surface area contributed by atoms with E-state index in [2.05, 4.69) is 44.8 Å². The molecule has 6 heteroatoms. The van der Waals surface area contributed by atoms with Gasteiger partial charge in [-0.15, -0.1) is 0 Å². The van der Waals surface area contributed by atoms with Crippen molar-refractivity contribution >= 4 is 33.5 Å². The first-order valence-electron chi connectivity index (χ1n) is 8.88. The Balaban J connectivity index is 1.62. The van der Waals surface area contributed by atoms with Crippen LogP contribution in [0.3, 0.4) is 0 Å². The van der Waals surface area contributed by atoms with Crippen LogP contribution in [0.25, 0.3) is 33.3 Å². The highest BCUT2D eigenvalue weighted by atomic mass is 35.5. The summed E-state index contributed by atoms with van der Waals surface area (Å²) >= 11 is 6.10. The maximum Gasteiger partial charge on any atom is 0.144 e. The zero-order valence-corrected chi connectivity index (χ0v) is 15.1. The number of halogens is 1. The summed E-state index contributed by atoms with van der Waals surface area (Å²) in [6, 6.07) is 10.3. The zero-order valence-electron chi connectivity index (χ0n) is 14.4. The minimum atomic E-state index is -0.239. The number of nitrogens with one attached hydrogen (secondary N) is 1.